The van der Waals surface area contributed by atoms with Crippen molar-refractivity contribution in [2.45, 2.75) is 6.92 Å². The summed E-state index contributed by atoms with van der Waals surface area (Å²) in [5.41, 5.74) is 6.38. The third-order valence-electron chi connectivity index (χ3n) is 4.44. The molecular formula is C20H15N3. The second kappa shape index (κ2) is 4.96. The van der Waals surface area contributed by atoms with Crippen molar-refractivity contribution in [2.24, 2.45) is 7.05 Å². The maximum atomic E-state index is 8.93. The molecule has 2 aromatic heterocycles. The summed E-state index contributed by atoms with van der Waals surface area (Å²) >= 11 is 0. The van der Waals surface area contributed by atoms with Gasteiger partial charge in [-0.15, -0.1) is 0 Å². The molecule has 0 saturated carbocycles. The molecule has 4 aromatic rings. The van der Waals surface area contributed by atoms with E-state index in [1.54, 1.807) is 0 Å². The summed E-state index contributed by atoms with van der Waals surface area (Å²) in [5.74, 6) is 0. The standard InChI is InChI=1S/C20H15N3/c1-13-20-17(9-10-22-13)18-11-16(7-8-19(18)23(20)2)15-5-3-14(12-21)4-6-15/h3-11H,1-2H3. The predicted molar refractivity (Wildman–Crippen MR) is 93.1 cm³/mol. The number of nitrogens with zero attached hydrogens (tertiary/aromatic N) is 3. The monoisotopic (exact) mass is 297 g/mol. The number of hydrogen-bond acceptors (Lipinski definition) is 2. The molecule has 0 N–H and O–H groups in total. The van der Waals surface area contributed by atoms with E-state index in [-0.39, 0.29) is 0 Å². The van der Waals surface area contributed by atoms with Crippen LogP contribution in [0.4, 0.5) is 0 Å². The summed E-state index contributed by atoms with van der Waals surface area (Å²) in [6.45, 7) is 2.04. The lowest BCUT2D eigenvalue weighted by atomic mass is 10.0. The van der Waals surface area contributed by atoms with Gasteiger partial charge in [-0.2, -0.15) is 5.26 Å². The van der Waals surface area contributed by atoms with Gasteiger partial charge in [-0.3, -0.25) is 4.98 Å². The van der Waals surface area contributed by atoms with Crippen molar-refractivity contribution in [2.75, 3.05) is 0 Å². The first-order valence-corrected chi connectivity index (χ1v) is 7.53. The number of rotatable bonds is 1. The fourth-order valence-corrected chi connectivity index (χ4v) is 3.28. The highest BCUT2D eigenvalue weighted by Crippen LogP contribution is 2.32. The number of pyridine rings is 1. The first-order valence-electron chi connectivity index (χ1n) is 7.53. The third kappa shape index (κ3) is 2.00. The van der Waals surface area contributed by atoms with Gasteiger partial charge in [-0.05, 0) is 48.4 Å². The molecule has 23 heavy (non-hydrogen) atoms. The number of aromatic nitrogens is 2. The zero-order chi connectivity index (χ0) is 16.0. The van der Waals surface area contributed by atoms with Gasteiger partial charge in [0.15, 0.2) is 0 Å². The van der Waals surface area contributed by atoms with Crippen molar-refractivity contribution in [3.63, 3.8) is 0 Å². The maximum absolute atomic E-state index is 8.93. The summed E-state index contributed by atoms with van der Waals surface area (Å²) in [5, 5.41) is 11.4. The summed E-state index contributed by atoms with van der Waals surface area (Å²) in [6, 6.07) is 18.5. The van der Waals surface area contributed by atoms with E-state index >= 15 is 0 Å². The van der Waals surface area contributed by atoms with Gasteiger partial charge in [0.1, 0.15) is 0 Å². The largest absolute Gasteiger partial charge is 0.342 e. The number of fused-ring (bicyclic) bond motifs is 3. The molecule has 0 atom stereocenters. The number of aryl methyl sites for hydroxylation is 2. The van der Waals surface area contributed by atoms with Gasteiger partial charge in [0.05, 0.1) is 22.8 Å². The highest BCUT2D eigenvalue weighted by molar-refractivity contribution is 6.09. The van der Waals surface area contributed by atoms with Crippen LogP contribution in [0.2, 0.25) is 0 Å². The van der Waals surface area contributed by atoms with Crippen molar-refractivity contribution in [1.29, 1.82) is 5.26 Å². The molecular weight excluding hydrogens is 282 g/mol. The minimum absolute atomic E-state index is 0.682. The summed E-state index contributed by atoms with van der Waals surface area (Å²) in [6.07, 6.45) is 1.87. The Morgan fingerprint density at radius 2 is 1.70 bits per heavy atom. The van der Waals surface area contributed by atoms with Crippen LogP contribution in [0.25, 0.3) is 32.9 Å². The first kappa shape index (κ1) is 13.5. The van der Waals surface area contributed by atoms with E-state index in [4.69, 9.17) is 5.26 Å². The molecule has 2 heterocycles. The Balaban J connectivity index is 1.99. The minimum atomic E-state index is 0.682. The van der Waals surface area contributed by atoms with Crippen molar-refractivity contribution in [3.8, 4) is 17.2 Å². The van der Waals surface area contributed by atoms with Crippen LogP contribution in [0.15, 0.2) is 54.7 Å². The van der Waals surface area contributed by atoms with Crippen LogP contribution in [0.3, 0.4) is 0 Å². The van der Waals surface area contributed by atoms with Gasteiger partial charge < -0.3 is 4.57 Å². The molecule has 0 amide bonds. The normalized spacial score (nSPS) is 11.0. The predicted octanol–water partition coefficient (Wildman–Crippen LogP) is 4.57. The molecule has 0 aliphatic carbocycles. The molecule has 0 fully saturated rings. The van der Waals surface area contributed by atoms with Crippen molar-refractivity contribution in [1.82, 2.24) is 9.55 Å². The van der Waals surface area contributed by atoms with Gasteiger partial charge in [-0.25, -0.2) is 0 Å². The average molecular weight is 297 g/mol. The molecule has 0 unspecified atom stereocenters. The minimum Gasteiger partial charge on any atom is -0.342 e. The number of hydrogen-bond donors (Lipinski definition) is 0. The zero-order valence-corrected chi connectivity index (χ0v) is 13.0. The molecule has 110 valence electrons. The van der Waals surface area contributed by atoms with Crippen LogP contribution >= 0.6 is 0 Å². The quantitative estimate of drug-likeness (QED) is 0.516. The van der Waals surface area contributed by atoms with E-state index < -0.39 is 0 Å². The lowest BCUT2D eigenvalue weighted by molar-refractivity contribution is 0.997. The maximum Gasteiger partial charge on any atom is 0.0991 e. The lowest BCUT2D eigenvalue weighted by Crippen LogP contribution is -1.90. The van der Waals surface area contributed by atoms with Crippen molar-refractivity contribution < 1.29 is 0 Å². The Hall–Kier alpha value is -3.12. The average Bonchev–Trinajstić information content (AvgIpc) is 2.88. The van der Waals surface area contributed by atoms with Crippen LogP contribution in [0, 0.1) is 18.3 Å². The van der Waals surface area contributed by atoms with Crippen molar-refractivity contribution >= 4 is 21.8 Å². The summed E-state index contributed by atoms with van der Waals surface area (Å²) < 4.78 is 2.20. The smallest absolute Gasteiger partial charge is 0.0991 e. The molecule has 2 aromatic carbocycles. The summed E-state index contributed by atoms with van der Waals surface area (Å²) in [7, 11) is 2.08. The van der Waals surface area contributed by atoms with E-state index in [1.165, 1.54) is 21.8 Å². The second-order valence-corrected chi connectivity index (χ2v) is 5.77. The molecule has 0 aliphatic rings. The van der Waals surface area contributed by atoms with Gasteiger partial charge >= 0.3 is 0 Å². The van der Waals surface area contributed by atoms with E-state index in [0.717, 1.165) is 16.8 Å². The van der Waals surface area contributed by atoms with Crippen LogP contribution in [0.1, 0.15) is 11.3 Å². The SMILES string of the molecule is Cc1nccc2c3cc(-c4ccc(C#N)cc4)ccc3n(C)c12. The van der Waals surface area contributed by atoms with Crippen LogP contribution in [-0.4, -0.2) is 9.55 Å². The molecule has 3 nitrogen and oxygen atoms in total. The Morgan fingerprint density at radius 1 is 0.957 bits per heavy atom. The highest BCUT2D eigenvalue weighted by Gasteiger charge is 2.11. The van der Waals surface area contributed by atoms with E-state index in [0.29, 0.717) is 5.56 Å². The molecule has 0 aliphatic heterocycles. The first-order chi connectivity index (χ1) is 11.2. The fourth-order valence-electron chi connectivity index (χ4n) is 3.28. The van der Waals surface area contributed by atoms with Crippen LogP contribution in [-0.2, 0) is 7.05 Å². The molecule has 0 saturated heterocycles. The van der Waals surface area contributed by atoms with Gasteiger partial charge in [0, 0.05) is 29.5 Å². The Bertz CT molecular complexity index is 1080. The van der Waals surface area contributed by atoms with Crippen molar-refractivity contribution in [3.05, 3.63) is 66.0 Å². The van der Waals surface area contributed by atoms with Gasteiger partial charge in [0.25, 0.3) is 0 Å². The highest BCUT2D eigenvalue weighted by atomic mass is 15.0. The molecule has 0 spiro atoms. The van der Waals surface area contributed by atoms with Crippen LogP contribution < -0.4 is 0 Å². The van der Waals surface area contributed by atoms with Crippen LogP contribution in [0.5, 0.6) is 0 Å². The number of benzene rings is 2. The fraction of sp³-hybridized carbons (Fsp3) is 0.100. The van der Waals surface area contributed by atoms with Gasteiger partial charge in [0.2, 0.25) is 0 Å². The second-order valence-electron chi connectivity index (χ2n) is 5.77. The van der Waals surface area contributed by atoms with E-state index in [9.17, 15) is 0 Å². The van der Waals surface area contributed by atoms with Gasteiger partial charge in [-0.1, -0.05) is 18.2 Å². The zero-order valence-electron chi connectivity index (χ0n) is 13.0. The summed E-state index contributed by atoms with van der Waals surface area (Å²) in [4.78, 5) is 4.41. The Kier molecular flexibility index (Phi) is 2.92. The molecule has 0 radical (unpaired) electrons. The topological polar surface area (TPSA) is 41.6 Å². The molecule has 0 bridgehead atoms. The van der Waals surface area contributed by atoms with E-state index in [2.05, 4.69) is 46.9 Å². The number of nitriles is 1. The Labute approximate surface area is 134 Å². The molecule has 3 heteroatoms. The Morgan fingerprint density at radius 3 is 2.43 bits per heavy atom. The lowest BCUT2D eigenvalue weighted by Gasteiger charge is -2.03. The van der Waals surface area contributed by atoms with E-state index in [1.807, 2.05) is 37.4 Å². The molecule has 4 rings (SSSR count). The third-order valence-corrected chi connectivity index (χ3v) is 4.44.